The molecule has 1 aromatic carbocycles. The summed E-state index contributed by atoms with van der Waals surface area (Å²) in [6, 6.07) is 9.99. The number of thiophene rings is 1. The fourth-order valence-corrected chi connectivity index (χ4v) is 4.05. The molecule has 0 fully saturated rings. The lowest BCUT2D eigenvalue weighted by atomic mass is 10.1. The van der Waals surface area contributed by atoms with Crippen LogP contribution in [0.15, 0.2) is 40.7 Å². The smallest absolute Gasteiger partial charge is 0.224 e. The van der Waals surface area contributed by atoms with Gasteiger partial charge in [-0.15, -0.1) is 11.3 Å². The monoisotopic (exact) mass is 386 g/mol. The van der Waals surface area contributed by atoms with Crippen molar-refractivity contribution in [3.05, 3.63) is 51.7 Å². The Labute approximate surface area is 164 Å². The highest BCUT2D eigenvalue weighted by Crippen LogP contribution is 2.24. The van der Waals surface area contributed by atoms with Gasteiger partial charge in [0.15, 0.2) is 5.96 Å². The molecule has 6 nitrogen and oxygen atoms in total. The Morgan fingerprint density at radius 2 is 2.15 bits per heavy atom. The summed E-state index contributed by atoms with van der Waals surface area (Å²) >= 11 is 1.79. The lowest BCUT2D eigenvalue weighted by molar-refractivity contribution is -0.131. The van der Waals surface area contributed by atoms with Crippen LogP contribution in [0.2, 0.25) is 0 Å². The quantitative estimate of drug-likeness (QED) is 0.591. The van der Waals surface area contributed by atoms with Gasteiger partial charge in [-0.1, -0.05) is 18.2 Å². The molecule has 1 aliphatic rings. The van der Waals surface area contributed by atoms with Crippen LogP contribution >= 0.6 is 11.3 Å². The largest absolute Gasteiger partial charge is 0.496 e. The van der Waals surface area contributed by atoms with Gasteiger partial charge in [-0.05, 0) is 29.5 Å². The zero-order valence-corrected chi connectivity index (χ0v) is 16.6. The molecule has 0 aliphatic carbocycles. The molecule has 0 bridgehead atoms. The highest BCUT2D eigenvalue weighted by Gasteiger charge is 2.21. The molecule has 0 radical (unpaired) electrons. The molecule has 7 heteroatoms. The molecule has 27 heavy (non-hydrogen) atoms. The zero-order chi connectivity index (χ0) is 19.1. The number of carbonyl (C=O) groups is 1. The Bertz CT molecular complexity index is 803. The average molecular weight is 387 g/mol. The maximum absolute atomic E-state index is 12.5. The summed E-state index contributed by atoms with van der Waals surface area (Å²) in [7, 11) is 3.39. The molecule has 1 aliphatic heterocycles. The molecule has 144 valence electrons. The van der Waals surface area contributed by atoms with Gasteiger partial charge < -0.3 is 20.3 Å². The van der Waals surface area contributed by atoms with E-state index >= 15 is 0 Å². The second-order valence-corrected chi connectivity index (χ2v) is 7.35. The molecule has 2 aromatic rings. The number of carbonyl (C=O) groups excluding carboxylic acids is 1. The maximum atomic E-state index is 12.5. The van der Waals surface area contributed by atoms with E-state index in [0.717, 1.165) is 30.8 Å². The summed E-state index contributed by atoms with van der Waals surface area (Å²) in [6.07, 6.45) is 1.42. The fourth-order valence-electron chi connectivity index (χ4n) is 3.16. The van der Waals surface area contributed by atoms with Crippen molar-refractivity contribution >= 4 is 23.2 Å². The SMILES string of the molecule is CN=C(NCCC(=O)N1CCc2sccc2C1)NCc1ccccc1OC. The Morgan fingerprint density at radius 3 is 2.96 bits per heavy atom. The average Bonchev–Trinajstić information content (AvgIpc) is 3.18. The summed E-state index contributed by atoms with van der Waals surface area (Å²) in [6.45, 7) is 2.70. The molecule has 1 aromatic heterocycles. The number of hydrogen-bond donors (Lipinski definition) is 2. The normalized spacial score (nSPS) is 13.9. The number of nitrogens with zero attached hydrogens (tertiary/aromatic N) is 2. The predicted octanol–water partition coefficient (Wildman–Crippen LogP) is 2.40. The highest BCUT2D eigenvalue weighted by atomic mass is 32.1. The summed E-state index contributed by atoms with van der Waals surface area (Å²) < 4.78 is 5.36. The van der Waals surface area contributed by atoms with Crippen LogP contribution < -0.4 is 15.4 Å². The number of benzene rings is 1. The zero-order valence-electron chi connectivity index (χ0n) is 15.8. The summed E-state index contributed by atoms with van der Waals surface area (Å²) in [4.78, 5) is 20.1. The van der Waals surface area contributed by atoms with E-state index in [9.17, 15) is 4.79 Å². The van der Waals surface area contributed by atoms with Crippen LogP contribution in [0.1, 0.15) is 22.4 Å². The van der Waals surface area contributed by atoms with Crippen molar-refractivity contribution in [1.82, 2.24) is 15.5 Å². The first kappa shape index (κ1) is 19.2. The first-order valence-electron chi connectivity index (χ1n) is 9.10. The van der Waals surface area contributed by atoms with Gasteiger partial charge in [-0.25, -0.2) is 0 Å². The van der Waals surface area contributed by atoms with E-state index in [0.29, 0.717) is 25.5 Å². The fraction of sp³-hybridized carbons (Fsp3) is 0.400. The van der Waals surface area contributed by atoms with E-state index in [2.05, 4.69) is 27.1 Å². The predicted molar refractivity (Wildman–Crippen MR) is 109 cm³/mol. The second kappa shape index (κ2) is 9.41. The van der Waals surface area contributed by atoms with Crippen molar-refractivity contribution in [1.29, 1.82) is 0 Å². The Hall–Kier alpha value is -2.54. The van der Waals surface area contributed by atoms with Gasteiger partial charge in [0.2, 0.25) is 5.91 Å². The third-order valence-electron chi connectivity index (χ3n) is 4.65. The summed E-state index contributed by atoms with van der Waals surface area (Å²) in [5.41, 5.74) is 2.35. The number of guanidine groups is 1. The van der Waals surface area contributed by atoms with Crippen LogP contribution in [-0.4, -0.2) is 44.0 Å². The number of para-hydroxylation sites is 1. The molecule has 0 saturated carbocycles. The highest BCUT2D eigenvalue weighted by molar-refractivity contribution is 7.10. The van der Waals surface area contributed by atoms with E-state index in [1.54, 1.807) is 25.5 Å². The molecule has 0 unspecified atom stereocenters. The van der Waals surface area contributed by atoms with Crippen LogP contribution in [0.5, 0.6) is 5.75 Å². The summed E-state index contributed by atoms with van der Waals surface area (Å²) in [5.74, 6) is 1.69. The van der Waals surface area contributed by atoms with E-state index in [1.807, 2.05) is 29.2 Å². The number of fused-ring (bicyclic) bond motifs is 1. The first-order chi connectivity index (χ1) is 13.2. The maximum Gasteiger partial charge on any atom is 0.224 e. The van der Waals surface area contributed by atoms with Crippen LogP contribution in [0, 0.1) is 0 Å². The van der Waals surface area contributed by atoms with E-state index < -0.39 is 0 Å². The number of nitrogens with one attached hydrogen (secondary N) is 2. The minimum absolute atomic E-state index is 0.180. The molecule has 2 N–H and O–H groups in total. The van der Waals surface area contributed by atoms with Crippen molar-refractivity contribution in [3.8, 4) is 5.75 Å². The number of methoxy groups -OCH3 is 1. The lowest BCUT2D eigenvalue weighted by Crippen LogP contribution is -2.40. The molecular weight excluding hydrogens is 360 g/mol. The number of hydrogen-bond acceptors (Lipinski definition) is 4. The number of rotatable bonds is 6. The Balaban J connectivity index is 1.43. The van der Waals surface area contributed by atoms with Gasteiger partial charge in [0.25, 0.3) is 0 Å². The van der Waals surface area contributed by atoms with E-state index in [4.69, 9.17) is 4.74 Å². The van der Waals surface area contributed by atoms with Crippen LogP contribution in [0.4, 0.5) is 0 Å². The van der Waals surface area contributed by atoms with Gasteiger partial charge in [-0.2, -0.15) is 0 Å². The second-order valence-electron chi connectivity index (χ2n) is 6.35. The van der Waals surface area contributed by atoms with Gasteiger partial charge >= 0.3 is 0 Å². The van der Waals surface area contributed by atoms with Gasteiger partial charge in [0.05, 0.1) is 7.11 Å². The standard InChI is InChI=1S/C20H26N4O2S/c1-21-20(23-13-15-5-3-4-6-17(15)26-2)22-10-7-19(25)24-11-8-18-16(14-24)9-12-27-18/h3-6,9,12H,7-8,10-11,13-14H2,1-2H3,(H2,21,22,23). The molecular formula is C20H26N4O2S. The van der Waals surface area contributed by atoms with Gasteiger partial charge in [0, 0.05) is 50.1 Å². The Kier molecular flexibility index (Phi) is 6.70. The van der Waals surface area contributed by atoms with E-state index in [-0.39, 0.29) is 5.91 Å². The number of aliphatic imine (C=N–C) groups is 1. The molecule has 1 amide bonds. The van der Waals surface area contributed by atoms with Crippen molar-refractivity contribution in [2.45, 2.75) is 25.9 Å². The van der Waals surface area contributed by atoms with Crippen molar-refractivity contribution in [3.63, 3.8) is 0 Å². The van der Waals surface area contributed by atoms with E-state index in [1.165, 1.54) is 10.4 Å². The van der Waals surface area contributed by atoms with Crippen LogP contribution in [0.3, 0.4) is 0 Å². The van der Waals surface area contributed by atoms with Crippen LogP contribution in [0.25, 0.3) is 0 Å². The number of amides is 1. The molecule has 2 heterocycles. The molecule has 0 saturated heterocycles. The number of ether oxygens (including phenoxy) is 1. The minimum Gasteiger partial charge on any atom is -0.496 e. The van der Waals surface area contributed by atoms with Gasteiger partial charge in [0.1, 0.15) is 5.75 Å². The molecule has 0 atom stereocenters. The molecule has 0 spiro atoms. The molecule has 3 rings (SSSR count). The van der Waals surface area contributed by atoms with Crippen molar-refractivity contribution < 1.29 is 9.53 Å². The minimum atomic E-state index is 0.180. The van der Waals surface area contributed by atoms with Crippen molar-refractivity contribution in [2.75, 3.05) is 27.2 Å². The third-order valence-corrected chi connectivity index (χ3v) is 5.68. The summed E-state index contributed by atoms with van der Waals surface area (Å²) in [5, 5.41) is 8.58. The Morgan fingerprint density at radius 1 is 1.30 bits per heavy atom. The third kappa shape index (κ3) is 5.01. The van der Waals surface area contributed by atoms with Crippen molar-refractivity contribution in [2.24, 2.45) is 4.99 Å². The topological polar surface area (TPSA) is 66.0 Å². The van der Waals surface area contributed by atoms with Crippen LogP contribution in [-0.2, 0) is 24.3 Å². The first-order valence-corrected chi connectivity index (χ1v) is 9.98. The van der Waals surface area contributed by atoms with Gasteiger partial charge in [-0.3, -0.25) is 9.79 Å². The lowest BCUT2D eigenvalue weighted by Gasteiger charge is -2.27.